The minimum atomic E-state index is -0.663. The fourth-order valence-electron chi connectivity index (χ4n) is 2.84. The zero-order valence-electron chi connectivity index (χ0n) is 15.6. The third-order valence-corrected chi connectivity index (χ3v) is 4.26. The smallest absolute Gasteiger partial charge is 0.323 e. The van der Waals surface area contributed by atoms with E-state index in [0.717, 1.165) is 5.56 Å². The Labute approximate surface area is 167 Å². The van der Waals surface area contributed by atoms with Crippen LogP contribution in [-0.2, 0) is 6.61 Å². The van der Waals surface area contributed by atoms with Gasteiger partial charge in [-0.3, -0.25) is 19.7 Å². The molecule has 0 aliphatic carbocycles. The van der Waals surface area contributed by atoms with Crippen molar-refractivity contribution >= 4 is 23.6 Å². The van der Waals surface area contributed by atoms with E-state index in [1.54, 1.807) is 31.2 Å². The number of anilines is 1. The molecule has 0 fully saturated rings. The molecule has 0 aliphatic heterocycles. The molecular formula is C22H18N2O5. The van der Waals surface area contributed by atoms with Gasteiger partial charge in [0.2, 0.25) is 5.75 Å². The summed E-state index contributed by atoms with van der Waals surface area (Å²) in [5, 5.41) is 14.4. The molecule has 3 aromatic rings. The lowest BCUT2D eigenvalue weighted by Crippen LogP contribution is -2.15. The van der Waals surface area contributed by atoms with Crippen LogP contribution in [0.1, 0.15) is 31.8 Å². The van der Waals surface area contributed by atoms with Crippen molar-refractivity contribution in [2.75, 3.05) is 5.32 Å². The Bertz CT molecular complexity index is 1060. The minimum Gasteiger partial charge on any atom is -0.482 e. The van der Waals surface area contributed by atoms with Crippen molar-refractivity contribution in [3.05, 3.63) is 99.1 Å². The number of rotatable bonds is 7. The van der Waals surface area contributed by atoms with Gasteiger partial charge in [0.25, 0.3) is 5.91 Å². The second-order valence-corrected chi connectivity index (χ2v) is 6.34. The zero-order chi connectivity index (χ0) is 20.8. The molecule has 0 saturated carbocycles. The van der Waals surface area contributed by atoms with Crippen LogP contribution in [0.3, 0.4) is 0 Å². The summed E-state index contributed by atoms with van der Waals surface area (Å²) in [6.07, 6.45) is 0.652. The Balaban J connectivity index is 1.92. The normalized spacial score (nSPS) is 10.2. The molecule has 29 heavy (non-hydrogen) atoms. The Kier molecular flexibility index (Phi) is 5.99. The van der Waals surface area contributed by atoms with Gasteiger partial charge in [-0.25, -0.2) is 0 Å². The van der Waals surface area contributed by atoms with Crippen molar-refractivity contribution in [3.8, 4) is 5.75 Å². The first-order valence-electron chi connectivity index (χ1n) is 8.81. The zero-order valence-corrected chi connectivity index (χ0v) is 15.6. The quantitative estimate of drug-likeness (QED) is 0.363. The molecular weight excluding hydrogens is 372 g/mol. The SMILES string of the molecule is Cc1ccc(C(=O)Nc2cccc(C=O)c2)c([N+](=O)[O-])c1OCc1ccccc1. The van der Waals surface area contributed by atoms with Gasteiger partial charge in [-0.2, -0.15) is 0 Å². The molecule has 3 rings (SSSR count). The van der Waals surface area contributed by atoms with Crippen LogP contribution in [0.4, 0.5) is 11.4 Å². The number of nitrogens with one attached hydrogen (secondary N) is 1. The molecule has 1 N–H and O–H groups in total. The van der Waals surface area contributed by atoms with Crippen LogP contribution in [-0.4, -0.2) is 17.1 Å². The molecule has 0 heterocycles. The highest BCUT2D eigenvalue weighted by atomic mass is 16.6. The third kappa shape index (κ3) is 4.65. The number of ether oxygens (including phenoxy) is 1. The van der Waals surface area contributed by atoms with E-state index in [0.29, 0.717) is 23.1 Å². The van der Waals surface area contributed by atoms with Crippen LogP contribution >= 0.6 is 0 Å². The molecule has 0 aromatic heterocycles. The van der Waals surface area contributed by atoms with Crippen molar-refractivity contribution in [2.45, 2.75) is 13.5 Å². The van der Waals surface area contributed by atoms with Crippen LogP contribution in [0.2, 0.25) is 0 Å². The highest BCUT2D eigenvalue weighted by molar-refractivity contribution is 6.08. The summed E-state index contributed by atoms with van der Waals surface area (Å²) in [6, 6.07) is 18.5. The summed E-state index contributed by atoms with van der Waals surface area (Å²) in [5.74, 6) is -0.613. The fraction of sp³-hybridized carbons (Fsp3) is 0.0909. The van der Waals surface area contributed by atoms with Gasteiger partial charge in [0.1, 0.15) is 18.5 Å². The number of hydrogen-bond acceptors (Lipinski definition) is 5. The lowest BCUT2D eigenvalue weighted by atomic mass is 10.1. The highest BCUT2D eigenvalue weighted by Crippen LogP contribution is 2.35. The lowest BCUT2D eigenvalue weighted by molar-refractivity contribution is -0.386. The molecule has 0 radical (unpaired) electrons. The van der Waals surface area contributed by atoms with E-state index in [-0.39, 0.29) is 17.9 Å². The molecule has 1 amide bonds. The Morgan fingerprint density at radius 3 is 2.55 bits per heavy atom. The molecule has 0 saturated heterocycles. The molecule has 0 aliphatic rings. The maximum atomic E-state index is 12.7. The van der Waals surface area contributed by atoms with E-state index in [1.165, 1.54) is 12.1 Å². The van der Waals surface area contributed by atoms with E-state index >= 15 is 0 Å². The number of carbonyl (C=O) groups excluding carboxylic acids is 2. The average Bonchev–Trinajstić information content (AvgIpc) is 2.73. The Morgan fingerprint density at radius 2 is 1.86 bits per heavy atom. The summed E-state index contributed by atoms with van der Waals surface area (Å²) in [7, 11) is 0. The Morgan fingerprint density at radius 1 is 1.10 bits per heavy atom. The van der Waals surface area contributed by atoms with Gasteiger partial charge < -0.3 is 10.1 Å². The predicted molar refractivity (Wildman–Crippen MR) is 108 cm³/mol. The number of aldehydes is 1. The number of carbonyl (C=O) groups is 2. The van der Waals surface area contributed by atoms with E-state index in [1.807, 2.05) is 30.3 Å². The van der Waals surface area contributed by atoms with Gasteiger partial charge in [0.05, 0.1) is 4.92 Å². The lowest BCUT2D eigenvalue weighted by Gasteiger charge is -2.13. The van der Waals surface area contributed by atoms with Crippen molar-refractivity contribution < 1.29 is 19.2 Å². The minimum absolute atomic E-state index is 0.0492. The van der Waals surface area contributed by atoms with Crippen LogP contribution in [0, 0.1) is 17.0 Å². The monoisotopic (exact) mass is 390 g/mol. The number of nitrogens with zero attached hydrogens (tertiary/aromatic N) is 1. The summed E-state index contributed by atoms with van der Waals surface area (Å²) in [4.78, 5) is 34.8. The van der Waals surface area contributed by atoms with Gasteiger partial charge in [-0.1, -0.05) is 48.5 Å². The molecule has 0 spiro atoms. The highest BCUT2D eigenvalue weighted by Gasteiger charge is 2.27. The molecule has 3 aromatic carbocycles. The maximum Gasteiger partial charge on any atom is 0.323 e. The van der Waals surface area contributed by atoms with E-state index in [9.17, 15) is 19.7 Å². The first-order chi connectivity index (χ1) is 14.0. The van der Waals surface area contributed by atoms with Gasteiger partial charge in [-0.15, -0.1) is 0 Å². The number of nitro benzene ring substituents is 1. The van der Waals surface area contributed by atoms with Crippen molar-refractivity contribution in [3.63, 3.8) is 0 Å². The van der Waals surface area contributed by atoms with E-state index in [2.05, 4.69) is 5.32 Å². The molecule has 7 heteroatoms. The van der Waals surface area contributed by atoms with Crippen molar-refractivity contribution in [2.24, 2.45) is 0 Å². The van der Waals surface area contributed by atoms with Crippen molar-refractivity contribution in [1.82, 2.24) is 0 Å². The standard InChI is InChI=1S/C22H18N2O5/c1-15-10-11-19(22(26)23-18-9-5-8-17(12-18)13-25)20(24(27)28)21(15)29-14-16-6-3-2-4-7-16/h2-13H,14H2,1H3,(H,23,26). The van der Waals surface area contributed by atoms with E-state index in [4.69, 9.17) is 4.74 Å². The van der Waals surface area contributed by atoms with Crippen LogP contribution in [0.25, 0.3) is 0 Å². The molecule has 0 bridgehead atoms. The number of aryl methyl sites for hydroxylation is 1. The first kappa shape index (κ1) is 19.8. The van der Waals surface area contributed by atoms with Gasteiger partial charge >= 0.3 is 5.69 Å². The van der Waals surface area contributed by atoms with E-state index < -0.39 is 16.5 Å². The second kappa shape index (κ2) is 8.79. The summed E-state index contributed by atoms with van der Waals surface area (Å²) < 4.78 is 5.72. The van der Waals surface area contributed by atoms with Gasteiger partial charge in [0, 0.05) is 11.3 Å². The largest absolute Gasteiger partial charge is 0.482 e. The number of benzene rings is 3. The van der Waals surface area contributed by atoms with Crippen molar-refractivity contribution in [1.29, 1.82) is 0 Å². The number of hydrogen-bond donors (Lipinski definition) is 1. The molecule has 0 atom stereocenters. The summed E-state index contributed by atoms with van der Waals surface area (Å²) >= 11 is 0. The van der Waals surface area contributed by atoms with Crippen LogP contribution in [0.5, 0.6) is 5.75 Å². The number of amides is 1. The fourth-order valence-corrected chi connectivity index (χ4v) is 2.84. The first-order valence-corrected chi connectivity index (χ1v) is 8.81. The molecule has 7 nitrogen and oxygen atoms in total. The summed E-state index contributed by atoms with van der Waals surface area (Å²) in [5.41, 5.74) is 1.62. The maximum absolute atomic E-state index is 12.7. The average molecular weight is 390 g/mol. The Hall–Kier alpha value is -4.00. The van der Waals surface area contributed by atoms with Gasteiger partial charge in [0.15, 0.2) is 0 Å². The van der Waals surface area contributed by atoms with Crippen LogP contribution < -0.4 is 10.1 Å². The van der Waals surface area contributed by atoms with Crippen LogP contribution in [0.15, 0.2) is 66.7 Å². The number of nitro groups is 1. The summed E-state index contributed by atoms with van der Waals surface area (Å²) in [6.45, 7) is 1.82. The molecule has 0 unspecified atom stereocenters. The second-order valence-electron chi connectivity index (χ2n) is 6.34. The predicted octanol–water partition coefficient (Wildman–Crippen LogP) is 4.55. The van der Waals surface area contributed by atoms with Gasteiger partial charge in [-0.05, 0) is 36.2 Å². The topological polar surface area (TPSA) is 98.5 Å². The molecule has 146 valence electrons. The third-order valence-electron chi connectivity index (χ3n) is 4.26.